The highest BCUT2D eigenvalue weighted by atomic mass is 35.5. The molecule has 4 rings (SSSR count). The zero-order valence-corrected chi connectivity index (χ0v) is 18.0. The summed E-state index contributed by atoms with van der Waals surface area (Å²) in [5, 5.41) is 2.93. The van der Waals surface area contributed by atoms with Gasteiger partial charge < -0.3 is 14.8 Å². The van der Waals surface area contributed by atoms with E-state index in [0.29, 0.717) is 16.5 Å². The first-order valence-electron chi connectivity index (χ1n) is 9.94. The fourth-order valence-electron chi connectivity index (χ4n) is 3.25. The number of carbonyl (C=O) groups excluding carboxylic acids is 3. The van der Waals surface area contributed by atoms with Gasteiger partial charge in [0, 0.05) is 11.3 Å². The Kier molecular flexibility index (Phi) is 6.55. The van der Waals surface area contributed by atoms with Crippen molar-refractivity contribution < 1.29 is 28.2 Å². The van der Waals surface area contributed by atoms with Gasteiger partial charge in [-0.2, -0.15) is 0 Å². The first kappa shape index (κ1) is 22.3. The summed E-state index contributed by atoms with van der Waals surface area (Å²) in [6, 6.07) is 16.8. The molecule has 1 heterocycles. The highest BCUT2D eigenvalue weighted by Gasteiger charge is 2.28. The van der Waals surface area contributed by atoms with Crippen molar-refractivity contribution in [2.45, 2.75) is 0 Å². The molecule has 0 bridgehead atoms. The van der Waals surface area contributed by atoms with Crippen LogP contribution in [0.4, 0.5) is 15.8 Å². The molecular formula is C24H18ClFN2O5. The van der Waals surface area contributed by atoms with Gasteiger partial charge in [-0.05, 0) is 48.5 Å². The summed E-state index contributed by atoms with van der Waals surface area (Å²) < 4.78 is 24.3. The maximum absolute atomic E-state index is 13.4. The van der Waals surface area contributed by atoms with Crippen molar-refractivity contribution >= 4 is 40.6 Å². The average Bonchev–Trinajstić information content (AvgIpc) is 2.80. The summed E-state index contributed by atoms with van der Waals surface area (Å²) >= 11 is 6.04. The number of anilines is 2. The number of hydrogen-bond donors (Lipinski definition) is 1. The lowest BCUT2D eigenvalue weighted by atomic mass is 10.1. The fraction of sp³-hybridized carbons (Fsp3) is 0.125. The highest BCUT2D eigenvalue weighted by Crippen LogP contribution is 2.33. The van der Waals surface area contributed by atoms with Gasteiger partial charge in [0.05, 0.1) is 10.7 Å². The van der Waals surface area contributed by atoms with E-state index in [1.54, 1.807) is 36.4 Å². The topological polar surface area (TPSA) is 84.9 Å². The van der Waals surface area contributed by atoms with Crippen LogP contribution in [-0.2, 0) is 9.59 Å². The van der Waals surface area contributed by atoms with Crippen LogP contribution in [0.2, 0.25) is 5.02 Å². The molecule has 0 fully saturated rings. The van der Waals surface area contributed by atoms with Gasteiger partial charge >= 0.3 is 0 Å². The molecule has 1 aliphatic heterocycles. The van der Waals surface area contributed by atoms with E-state index in [9.17, 15) is 18.8 Å². The Balaban J connectivity index is 1.49. The number of nitrogens with zero attached hydrogens (tertiary/aromatic N) is 1. The number of ether oxygens (including phenoxy) is 2. The molecule has 33 heavy (non-hydrogen) atoms. The van der Waals surface area contributed by atoms with Crippen molar-refractivity contribution in [3.63, 3.8) is 0 Å². The molecule has 9 heteroatoms. The summed E-state index contributed by atoms with van der Waals surface area (Å²) in [6.07, 6.45) is 0. The minimum atomic E-state index is -0.527. The molecule has 0 saturated heterocycles. The molecule has 1 aliphatic rings. The quantitative estimate of drug-likeness (QED) is 0.528. The number of benzene rings is 3. The van der Waals surface area contributed by atoms with E-state index in [-0.39, 0.29) is 42.5 Å². The van der Waals surface area contributed by atoms with E-state index in [1.807, 2.05) is 0 Å². The van der Waals surface area contributed by atoms with Crippen molar-refractivity contribution in [1.82, 2.24) is 0 Å². The van der Waals surface area contributed by atoms with E-state index in [4.69, 9.17) is 21.1 Å². The molecule has 3 aromatic carbocycles. The number of halogens is 2. The molecule has 0 saturated carbocycles. The van der Waals surface area contributed by atoms with E-state index in [2.05, 4.69) is 5.32 Å². The van der Waals surface area contributed by atoms with Crippen molar-refractivity contribution in [2.24, 2.45) is 0 Å². The van der Waals surface area contributed by atoms with Crippen LogP contribution in [0.15, 0.2) is 66.7 Å². The summed E-state index contributed by atoms with van der Waals surface area (Å²) in [5.41, 5.74) is 0.820. The second-order valence-electron chi connectivity index (χ2n) is 7.15. The Morgan fingerprint density at radius 3 is 2.70 bits per heavy atom. The van der Waals surface area contributed by atoms with Gasteiger partial charge in [0.2, 0.25) is 5.91 Å². The van der Waals surface area contributed by atoms with Crippen molar-refractivity contribution in [3.05, 3.63) is 83.1 Å². The van der Waals surface area contributed by atoms with Crippen LogP contribution >= 0.6 is 11.6 Å². The van der Waals surface area contributed by atoms with E-state index in [1.165, 1.54) is 35.2 Å². The van der Waals surface area contributed by atoms with Crippen LogP contribution in [0.3, 0.4) is 0 Å². The summed E-state index contributed by atoms with van der Waals surface area (Å²) in [7, 11) is 0. The van der Waals surface area contributed by atoms with Crippen LogP contribution in [0, 0.1) is 5.82 Å². The Labute approximate surface area is 193 Å². The van der Waals surface area contributed by atoms with Crippen LogP contribution < -0.4 is 19.7 Å². The molecule has 168 valence electrons. The molecule has 7 nitrogen and oxygen atoms in total. The SMILES string of the molecule is O=C(CN1C(=O)COc2ccc(C(=O)COc3ccccc3Cl)cc21)Nc1cccc(F)c1. The maximum atomic E-state index is 13.4. The third-order valence-electron chi connectivity index (χ3n) is 4.83. The van der Waals surface area contributed by atoms with Gasteiger partial charge in [0.25, 0.3) is 5.91 Å². The Morgan fingerprint density at radius 2 is 1.91 bits per heavy atom. The molecule has 0 aliphatic carbocycles. The number of fused-ring (bicyclic) bond motifs is 1. The lowest BCUT2D eigenvalue weighted by Gasteiger charge is -2.29. The lowest BCUT2D eigenvalue weighted by molar-refractivity contribution is -0.123. The summed E-state index contributed by atoms with van der Waals surface area (Å²) in [5.74, 6) is -1.09. The predicted molar refractivity (Wildman–Crippen MR) is 121 cm³/mol. The normalized spacial score (nSPS) is 12.5. The molecular weight excluding hydrogens is 451 g/mol. The number of nitrogens with one attached hydrogen (secondary N) is 1. The first-order valence-corrected chi connectivity index (χ1v) is 10.3. The Hall–Kier alpha value is -3.91. The van der Waals surface area contributed by atoms with Crippen molar-refractivity contribution in [1.29, 1.82) is 0 Å². The van der Waals surface area contributed by atoms with E-state index in [0.717, 1.165) is 0 Å². The lowest BCUT2D eigenvalue weighted by Crippen LogP contribution is -2.43. The number of hydrogen-bond acceptors (Lipinski definition) is 5. The summed E-state index contributed by atoms with van der Waals surface area (Å²) in [4.78, 5) is 38.8. The van der Waals surface area contributed by atoms with Crippen molar-refractivity contribution in [3.8, 4) is 11.5 Å². The predicted octanol–water partition coefficient (Wildman–Crippen LogP) is 4.10. The Morgan fingerprint density at radius 1 is 1.09 bits per heavy atom. The largest absolute Gasteiger partial charge is 0.484 e. The van der Waals surface area contributed by atoms with Gasteiger partial charge in [-0.15, -0.1) is 0 Å². The summed E-state index contributed by atoms with van der Waals surface area (Å²) in [6.45, 7) is -0.847. The minimum Gasteiger partial charge on any atom is -0.484 e. The molecule has 0 spiro atoms. The number of carbonyl (C=O) groups is 3. The van der Waals surface area contributed by atoms with Crippen molar-refractivity contribution in [2.75, 3.05) is 30.0 Å². The second-order valence-corrected chi connectivity index (χ2v) is 7.56. The molecule has 2 amide bonds. The number of Topliss-reactive ketones (excluding diaryl/α,β-unsaturated/α-hetero) is 1. The second kappa shape index (κ2) is 9.70. The maximum Gasteiger partial charge on any atom is 0.265 e. The Bertz CT molecular complexity index is 1230. The zero-order valence-electron chi connectivity index (χ0n) is 17.2. The van der Waals surface area contributed by atoms with Gasteiger partial charge in [-0.1, -0.05) is 29.8 Å². The van der Waals surface area contributed by atoms with Crippen LogP contribution in [0.5, 0.6) is 11.5 Å². The van der Waals surface area contributed by atoms with E-state index < -0.39 is 17.6 Å². The molecule has 3 aromatic rings. The molecule has 0 radical (unpaired) electrons. The smallest absolute Gasteiger partial charge is 0.265 e. The molecule has 0 unspecified atom stereocenters. The van der Waals surface area contributed by atoms with Gasteiger partial charge in [-0.25, -0.2) is 4.39 Å². The van der Waals surface area contributed by atoms with Crippen LogP contribution in [0.1, 0.15) is 10.4 Å². The third-order valence-corrected chi connectivity index (χ3v) is 5.14. The van der Waals surface area contributed by atoms with Crippen LogP contribution in [0.25, 0.3) is 0 Å². The number of para-hydroxylation sites is 1. The minimum absolute atomic E-state index is 0.247. The highest BCUT2D eigenvalue weighted by molar-refractivity contribution is 6.32. The molecule has 0 atom stereocenters. The molecule has 0 aromatic heterocycles. The standard InChI is InChI=1S/C24H18ClFN2O5/c25-18-6-1-2-7-21(18)32-13-20(29)15-8-9-22-19(10-15)28(24(31)14-33-22)12-23(30)27-17-5-3-4-16(26)11-17/h1-11H,12-14H2,(H,27,30). The first-order chi connectivity index (χ1) is 15.9. The fourth-order valence-corrected chi connectivity index (χ4v) is 3.44. The zero-order chi connectivity index (χ0) is 23.4. The van der Waals surface area contributed by atoms with Crippen LogP contribution in [-0.4, -0.2) is 37.4 Å². The monoisotopic (exact) mass is 468 g/mol. The molecule has 1 N–H and O–H groups in total. The van der Waals surface area contributed by atoms with Gasteiger partial charge in [0.1, 0.15) is 23.9 Å². The van der Waals surface area contributed by atoms with Gasteiger partial charge in [0.15, 0.2) is 19.0 Å². The van der Waals surface area contributed by atoms with Gasteiger partial charge in [-0.3, -0.25) is 19.3 Å². The average molecular weight is 469 g/mol. The number of ketones is 1. The number of rotatable bonds is 7. The number of amides is 2. The third kappa shape index (κ3) is 5.30. The van der Waals surface area contributed by atoms with E-state index >= 15 is 0 Å².